The summed E-state index contributed by atoms with van der Waals surface area (Å²) in [5.74, 6) is -8.13. The zero-order valence-corrected chi connectivity index (χ0v) is 41.4. The summed E-state index contributed by atoms with van der Waals surface area (Å²) in [6, 6.07) is 22.6. The van der Waals surface area contributed by atoms with Gasteiger partial charge in [0.2, 0.25) is 0 Å². The van der Waals surface area contributed by atoms with Crippen LogP contribution in [0.4, 0.5) is 0 Å². The summed E-state index contributed by atoms with van der Waals surface area (Å²) >= 11 is 0.597. The molecule has 2 saturated carbocycles. The summed E-state index contributed by atoms with van der Waals surface area (Å²) in [5, 5.41) is 28.6. The number of ether oxygens (including phenoxy) is 6. The number of nitroso groups, excluding NO2 is 1. The van der Waals surface area contributed by atoms with Gasteiger partial charge in [-0.3, -0.25) is 24.0 Å². The molecule has 1 amide bonds. The van der Waals surface area contributed by atoms with Crippen LogP contribution < -0.4 is 5.32 Å². The largest absolute Gasteiger partial charge is 0.461 e. The first-order valence-electron chi connectivity index (χ1n) is 23.1. The number of amides is 1. The fourth-order valence-corrected chi connectivity index (χ4v) is 11.4. The van der Waals surface area contributed by atoms with Crippen LogP contribution in [0.3, 0.4) is 0 Å². The summed E-state index contributed by atoms with van der Waals surface area (Å²) < 4.78 is 39.0. The Morgan fingerprint density at radius 1 is 0.859 bits per heavy atom. The highest BCUT2D eigenvalue weighted by Gasteiger charge is 2.79. The number of carbonyl (C=O) groups excluding carboxylic acids is 7. The van der Waals surface area contributed by atoms with E-state index in [1.165, 1.54) is 39.8 Å². The van der Waals surface area contributed by atoms with Gasteiger partial charge in [0, 0.05) is 58.9 Å². The molecular weight excluding hydrogens is 941 g/mol. The normalized spacial score (nSPS) is 29.4. The topological polar surface area (TPSA) is 257 Å². The number of hydrogen-bond donors (Lipinski definition) is 3. The Morgan fingerprint density at radius 2 is 1.45 bits per heavy atom. The lowest BCUT2D eigenvalue weighted by Crippen LogP contribution is -2.82. The second-order valence-corrected chi connectivity index (χ2v) is 21.4. The molecule has 378 valence electrons. The molecule has 19 heteroatoms. The fourth-order valence-electron chi connectivity index (χ4n) is 11.0. The molecular formula is C52H58N2O16S. The van der Waals surface area contributed by atoms with Crippen molar-refractivity contribution in [3.05, 3.63) is 124 Å². The van der Waals surface area contributed by atoms with Crippen molar-refractivity contribution in [2.45, 2.75) is 133 Å². The predicted octanol–water partition coefficient (Wildman–Crippen LogP) is 5.87. The minimum Gasteiger partial charge on any atom is -0.461 e. The van der Waals surface area contributed by atoms with Crippen LogP contribution in [0.1, 0.15) is 107 Å². The molecule has 3 aromatic carbocycles. The van der Waals surface area contributed by atoms with Crippen LogP contribution in [-0.2, 0) is 52.4 Å². The molecule has 2 unspecified atom stereocenters. The Balaban J connectivity index is 1.42. The number of benzene rings is 3. The molecule has 1 aliphatic heterocycles. The number of rotatable bonds is 15. The third-order valence-electron chi connectivity index (χ3n) is 14.6. The van der Waals surface area contributed by atoms with Crippen molar-refractivity contribution in [1.82, 2.24) is 5.32 Å². The molecule has 18 nitrogen and oxygen atoms in total. The van der Waals surface area contributed by atoms with E-state index in [9.17, 15) is 43.9 Å². The monoisotopic (exact) mass is 998 g/mol. The molecule has 3 aliphatic carbocycles. The molecule has 3 N–H and O–H groups in total. The summed E-state index contributed by atoms with van der Waals surface area (Å²) in [7, 11) is 0. The first-order chi connectivity index (χ1) is 33.4. The second-order valence-electron chi connectivity index (χ2n) is 19.9. The minimum atomic E-state index is -2.50. The van der Waals surface area contributed by atoms with Gasteiger partial charge in [-0.15, -0.1) is 4.91 Å². The van der Waals surface area contributed by atoms with Gasteiger partial charge in [0.25, 0.3) is 5.91 Å². The van der Waals surface area contributed by atoms with E-state index in [4.69, 9.17) is 28.4 Å². The molecule has 3 aromatic rings. The van der Waals surface area contributed by atoms with Gasteiger partial charge < -0.3 is 44.0 Å². The van der Waals surface area contributed by atoms with Gasteiger partial charge in [0.1, 0.15) is 30.0 Å². The SMILES string of the molecule is CC(=O)O[C@H]1C(=O)[C@@]2(C)C(C(OC(=O)c3ccccc3)[C@]3(O)C[C@H](OC(=O)[C@H](O)[C@@H](NC(=O)c4ccccc4)c4ccccc4)C(C)=C1C3(C)C)[C@]1(OC(C)=O)CO[C@@H]1C[C@@H]2OC(=O)CC(C)(C)SN=O. The van der Waals surface area contributed by atoms with Gasteiger partial charge in [-0.25, -0.2) is 9.59 Å². The maximum Gasteiger partial charge on any atom is 0.338 e. The molecule has 71 heavy (non-hydrogen) atoms. The van der Waals surface area contributed by atoms with Crippen LogP contribution >= 0.6 is 11.9 Å². The van der Waals surface area contributed by atoms with Crippen molar-refractivity contribution in [3.63, 3.8) is 0 Å². The summed E-state index contributed by atoms with van der Waals surface area (Å²) in [5.41, 5.74) is -7.69. The summed E-state index contributed by atoms with van der Waals surface area (Å²) in [6.45, 7) is 10.9. The van der Waals surface area contributed by atoms with E-state index in [2.05, 4.69) is 9.90 Å². The molecule has 11 atom stereocenters. The standard InChI is InChI=1S/C52H58N2O16S/c1-28-34(67-47(62)40(58)39(31-18-12-9-13-19-31)53-45(60)32-20-14-10-15-21-32)25-52(63)44(69-46(61)33-22-16-11-17-23-33)42-50(8,43(59)41(66-29(2)55)38(28)49(52,6)7)35(68-37(57)26-48(4,5)71-54-64)24-36-51(42,27-65-36)70-30(3)56/h9-23,34-36,39-42,44,58,63H,24-27H2,1-8H3,(H,53,60)/t34-,35-,36+,39-,40+,41+,42?,44?,50+,51-,52+/m0/s1. The Hall–Kier alpha value is -6.28. The van der Waals surface area contributed by atoms with Gasteiger partial charge in [-0.1, -0.05) is 80.6 Å². The second kappa shape index (κ2) is 20.1. The van der Waals surface area contributed by atoms with E-state index < -0.39 is 130 Å². The number of nitrogens with one attached hydrogen (secondary N) is 1. The number of nitrogens with zero attached hydrogens (tertiary/aromatic N) is 1. The quantitative estimate of drug-likeness (QED) is 0.0529. The fraction of sp³-hybridized carbons (Fsp3) is 0.481. The number of ketones is 1. The lowest BCUT2D eigenvalue weighted by molar-refractivity contribution is -0.346. The lowest BCUT2D eigenvalue weighted by Gasteiger charge is -2.67. The van der Waals surface area contributed by atoms with Gasteiger partial charge in [-0.05, 0) is 68.7 Å². The average molecular weight is 999 g/mol. The van der Waals surface area contributed by atoms with Crippen LogP contribution in [0.25, 0.3) is 0 Å². The molecule has 4 aliphatic rings. The molecule has 0 radical (unpaired) electrons. The number of carbonyl (C=O) groups is 7. The third kappa shape index (κ3) is 9.76. The zero-order chi connectivity index (χ0) is 51.8. The highest BCUT2D eigenvalue weighted by atomic mass is 32.2. The number of Topliss-reactive ketones (excluding diaryl/α,β-unsaturated/α-hetero) is 1. The van der Waals surface area contributed by atoms with Crippen molar-refractivity contribution >= 4 is 53.5 Å². The van der Waals surface area contributed by atoms with Crippen LogP contribution in [0.15, 0.2) is 107 Å². The van der Waals surface area contributed by atoms with Crippen LogP contribution in [-0.4, -0.2) is 111 Å². The zero-order valence-electron chi connectivity index (χ0n) is 40.6. The lowest BCUT2D eigenvalue weighted by atomic mass is 9.44. The predicted molar refractivity (Wildman–Crippen MR) is 254 cm³/mol. The van der Waals surface area contributed by atoms with Crippen molar-refractivity contribution in [3.8, 4) is 0 Å². The molecule has 0 aromatic heterocycles. The van der Waals surface area contributed by atoms with Crippen LogP contribution in [0.5, 0.6) is 0 Å². The molecule has 2 bridgehead atoms. The third-order valence-corrected chi connectivity index (χ3v) is 15.3. The van der Waals surface area contributed by atoms with E-state index >= 15 is 4.79 Å². The Kier molecular flexibility index (Phi) is 14.9. The highest BCUT2D eigenvalue weighted by Crippen LogP contribution is 2.65. The number of fused-ring (bicyclic) bond motifs is 5. The number of aliphatic hydroxyl groups excluding tert-OH is 1. The minimum absolute atomic E-state index is 0.0189. The van der Waals surface area contributed by atoms with Gasteiger partial charge in [0.15, 0.2) is 23.6 Å². The van der Waals surface area contributed by atoms with Crippen LogP contribution in [0, 0.1) is 21.7 Å². The van der Waals surface area contributed by atoms with Gasteiger partial charge >= 0.3 is 29.8 Å². The van der Waals surface area contributed by atoms with Crippen molar-refractivity contribution < 1.29 is 72.2 Å². The first kappa shape index (κ1) is 52.5. The van der Waals surface area contributed by atoms with Gasteiger partial charge in [-0.2, -0.15) is 0 Å². The maximum atomic E-state index is 16.2. The van der Waals surface area contributed by atoms with Crippen molar-refractivity contribution in [2.24, 2.45) is 21.3 Å². The van der Waals surface area contributed by atoms with E-state index in [-0.39, 0.29) is 35.1 Å². The van der Waals surface area contributed by atoms with E-state index in [1.54, 1.807) is 92.7 Å². The number of esters is 5. The molecule has 7 rings (SSSR count). The van der Waals surface area contributed by atoms with Crippen molar-refractivity contribution in [1.29, 1.82) is 0 Å². The summed E-state index contributed by atoms with van der Waals surface area (Å²) in [4.78, 5) is 111. The molecule has 0 spiro atoms. The Labute approximate surface area is 414 Å². The van der Waals surface area contributed by atoms with E-state index in [0.717, 1.165) is 13.8 Å². The number of hydrogen-bond acceptors (Lipinski definition) is 18. The smallest absolute Gasteiger partial charge is 0.338 e. The van der Waals surface area contributed by atoms with Crippen LogP contribution in [0.2, 0.25) is 0 Å². The van der Waals surface area contributed by atoms with E-state index in [1.807, 2.05) is 0 Å². The number of aliphatic hydroxyl groups is 2. The summed E-state index contributed by atoms with van der Waals surface area (Å²) in [6.07, 6.45) is -11.4. The average Bonchev–Trinajstić information content (AvgIpc) is 3.31. The maximum absolute atomic E-state index is 16.2. The molecule has 1 saturated heterocycles. The Morgan fingerprint density at radius 3 is 2.00 bits per heavy atom. The highest BCUT2D eigenvalue weighted by molar-refractivity contribution is 7.99. The Bertz CT molecular complexity index is 2610. The van der Waals surface area contributed by atoms with Gasteiger partial charge in [0.05, 0.1) is 36.0 Å². The first-order valence-corrected chi connectivity index (χ1v) is 23.9. The molecule has 3 fully saturated rings. The van der Waals surface area contributed by atoms with Crippen molar-refractivity contribution in [2.75, 3.05) is 6.61 Å². The molecule has 1 heterocycles. The van der Waals surface area contributed by atoms with E-state index in [0.29, 0.717) is 17.5 Å².